The Morgan fingerprint density at radius 2 is 2.00 bits per heavy atom. The highest BCUT2D eigenvalue weighted by Gasteiger charge is 2.10. The summed E-state index contributed by atoms with van der Waals surface area (Å²) in [4.78, 5) is 9.33. The molecule has 0 aliphatic carbocycles. The molecule has 3 heterocycles. The van der Waals surface area contributed by atoms with Crippen molar-refractivity contribution in [2.45, 2.75) is 18.5 Å². The SMILES string of the molecule is Cc1ccc(-c2ncc(CNc3ccc(S(C)(=O)=O)nc3)s2)o1. The topological polar surface area (TPSA) is 85.1 Å². The van der Waals surface area contributed by atoms with Crippen LogP contribution in [0, 0.1) is 6.92 Å². The highest BCUT2D eigenvalue weighted by atomic mass is 32.2. The second-order valence-corrected chi connectivity index (χ2v) is 8.13. The van der Waals surface area contributed by atoms with Crippen LogP contribution in [0.15, 0.2) is 46.1 Å². The van der Waals surface area contributed by atoms with Gasteiger partial charge in [0.05, 0.1) is 18.4 Å². The summed E-state index contributed by atoms with van der Waals surface area (Å²) in [6.07, 6.45) is 4.44. The summed E-state index contributed by atoms with van der Waals surface area (Å²) in [5.41, 5.74) is 0.751. The van der Waals surface area contributed by atoms with Gasteiger partial charge in [0.1, 0.15) is 5.76 Å². The molecule has 0 spiro atoms. The molecular formula is C15H15N3O3S2. The van der Waals surface area contributed by atoms with Crippen LogP contribution in [0.2, 0.25) is 0 Å². The molecule has 8 heteroatoms. The van der Waals surface area contributed by atoms with Crippen LogP contribution in [0.4, 0.5) is 5.69 Å². The van der Waals surface area contributed by atoms with Crippen molar-refractivity contribution in [1.29, 1.82) is 0 Å². The van der Waals surface area contributed by atoms with Crippen LogP contribution < -0.4 is 5.32 Å². The maximum atomic E-state index is 11.4. The molecule has 0 amide bonds. The summed E-state index contributed by atoms with van der Waals surface area (Å²) in [7, 11) is -3.27. The van der Waals surface area contributed by atoms with Crippen LogP contribution in [0.25, 0.3) is 10.8 Å². The number of anilines is 1. The number of hydrogen-bond donors (Lipinski definition) is 1. The van der Waals surface area contributed by atoms with E-state index >= 15 is 0 Å². The van der Waals surface area contributed by atoms with Crippen molar-refractivity contribution in [1.82, 2.24) is 9.97 Å². The van der Waals surface area contributed by atoms with Crippen molar-refractivity contribution < 1.29 is 12.8 Å². The number of rotatable bonds is 5. The molecule has 23 heavy (non-hydrogen) atoms. The largest absolute Gasteiger partial charge is 0.459 e. The molecule has 0 saturated carbocycles. The standard InChI is InChI=1S/C15H15N3O3S2/c1-10-3-5-13(21-10)15-18-9-12(22-15)8-16-11-4-6-14(17-7-11)23(2,19)20/h3-7,9,16H,8H2,1-2H3. The van der Waals surface area contributed by atoms with Crippen LogP contribution in [0.3, 0.4) is 0 Å². The van der Waals surface area contributed by atoms with Crippen molar-refractivity contribution in [2.75, 3.05) is 11.6 Å². The van der Waals surface area contributed by atoms with Gasteiger partial charge in [0.2, 0.25) is 0 Å². The minimum Gasteiger partial charge on any atom is -0.459 e. The summed E-state index contributed by atoms with van der Waals surface area (Å²) >= 11 is 1.54. The fraction of sp³-hybridized carbons (Fsp3) is 0.200. The molecule has 0 fully saturated rings. The van der Waals surface area contributed by atoms with Gasteiger partial charge >= 0.3 is 0 Å². The lowest BCUT2D eigenvalue weighted by Gasteiger charge is -2.04. The Hall–Kier alpha value is -2.19. The first-order chi connectivity index (χ1) is 10.9. The molecule has 0 bridgehead atoms. The van der Waals surface area contributed by atoms with E-state index in [-0.39, 0.29) is 5.03 Å². The fourth-order valence-corrected chi connectivity index (χ4v) is 3.32. The molecule has 0 aromatic carbocycles. The van der Waals surface area contributed by atoms with Crippen LogP contribution in [-0.2, 0) is 16.4 Å². The third-order valence-corrected chi connectivity index (χ3v) is 5.10. The number of aryl methyl sites for hydroxylation is 1. The predicted molar refractivity (Wildman–Crippen MR) is 89.2 cm³/mol. The van der Waals surface area contributed by atoms with Gasteiger partial charge in [0.25, 0.3) is 0 Å². The number of thiazole rings is 1. The van der Waals surface area contributed by atoms with Gasteiger partial charge in [0, 0.05) is 17.3 Å². The Balaban J connectivity index is 1.66. The minimum atomic E-state index is -3.27. The quantitative estimate of drug-likeness (QED) is 0.762. The predicted octanol–water partition coefficient (Wildman–Crippen LogP) is 3.12. The lowest BCUT2D eigenvalue weighted by Crippen LogP contribution is -2.02. The van der Waals surface area contributed by atoms with Crippen molar-refractivity contribution in [2.24, 2.45) is 0 Å². The van der Waals surface area contributed by atoms with Crippen molar-refractivity contribution in [3.63, 3.8) is 0 Å². The van der Waals surface area contributed by atoms with Gasteiger partial charge in [-0.25, -0.2) is 18.4 Å². The van der Waals surface area contributed by atoms with E-state index in [1.54, 1.807) is 23.6 Å². The zero-order valence-electron chi connectivity index (χ0n) is 12.6. The van der Waals surface area contributed by atoms with Gasteiger partial charge in [-0.05, 0) is 31.2 Å². The van der Waals surface area contributed by atoms with Crippen molar-refractivity contribution in [3.05, 3.63) is 47.3 Å². The van der Waals surface area contributed by atoms with Crippen molar-refractivity contribution >= 4 is 26.9 Å². The Labute approximate surface area is 138 Å². The molecule has 0 atom stereocenters. The minimum absolute atomic E-state index is 0.0660. The molecule has 1 N–H and O–H groups in total. The average molecular weight is 349 g/mol. The number of nitrogens with one attached hydrogen (secondary N) is 1. The summed E-state index contributed by atoms with van der Waals surface area (Å²) in [5.74, 6) is 1.62. The van der Waals surface area contributed by atoms with Crippen LogP contribution in [-0.4, -0.2) is 24.6 Å². The molecule has 3 aromatic heterocycles. The third kappa shape index (κ3) is 3.77. The highest BCUT2D eigenvalue weighted by Crippen LogP contribution is 2.27. The molecule has 0 aliphatic rings. The maximum Gasteiger partial charge on any atom is 0.192 e. The van der Waals surface area contributed by atoms with Gasteiger partial charge in [-0.3, -0.25) is 0 Å². The second-order valence-electron chi connectivity index (χ2n) is 5.05. The van der Waals surface area contributed by atoms with Crippen LogP contribution in [0.1, 0.15) is 10.6 Å². The highest BCUT2D eigenvalue weighted by molar-refractivity contribution is 7.90. The first kappa shape index (κ1) is 15.7. The summed E-state index contributed by atoms with van der Waals surface area (Å²) in [5, 5.41) is 4.09. The zero-order valence-corrected chi connectivity index (χ0v) is 14.2. The van der Waals surface area contributed by atoms with E-state index in [4.69, 9.17) is 4.42 Å². The first-order valence-electron chi connectivity index (χ1n) is 6.83. The van der Waals surface area contributed by atoms with E-state index in [0.29, 0.717) is 6.54 Å². The van der Waals surface area contributed by atoms with Crippen LogP contribution >= 0.6 is 11.3 Å². The smallest absolute Gasteiger partial charge is 0.192 e. The molecule has 0 aliphatic heterocycles. The van der Waals surface area contributed by atoms with Crippen LogP contribution in [0.5, 0.6) is 0 Å². The van der Waals surface area contributed by atoms with E-state index in [2.05, 4.69) is 15.3 Å². The zero-order chi connectivity index (χ0) is 16.4. The summed E-state index contributed by atoms with van der Waals surface area (Å²) in [6.45, 7) is 2.48. The summed E-state index contributed by atoms with van der Waals surface area (Å²) in [6, 6.07) is 6.99. The fourth-order valence-electron chi connectivity index (χ4n) is 1.95. The Kier molecular flexibility index (Phi) is 4.18. The molecule has 120 valence electrons. The lowest BCUT2D eigenvalue weighted by molar-refractivity contribution is 0.548. The number of pyridine rings is 1. The Morgan fingerprint density at radius 1 is 1.17 bits per heavy atom. The number of aromatic nitrogens is 2. The second kappa shape index (κ2) is 6.13. The molecule has 3 aromatic rings. The number of furan rings is 1. The molecular weight excluding hydrogens is 334 g/mol. The Bertz CT molecular complexity index is 912. The molecule has 0 saturated heterocycles. The van der Waals surface area contributed by atoms with Gasteiger partial charge in [0.15, 0.2) is 25.6 Å². The molecule has 6 nitrogen and oxygen atoms in total. The first-order valence-corrected chi connectivity index (χ1v) is 9.54. The monoisotopic (exact) mass is 349 g/mol. The molecule has 3 rings (SSSR count). The van der Waals surface area contributed by atoms with Crippen molar-refractivity contribution in [3.8, 4) is 10.8 Å². The van der Waals surface area contributed by atoms with Gasteiger partial charge < -0.3 is 9.73 Å². The van der Waals surface area contributed by atoms with Gasteiger partial charge in [-0.2, -0.15) is 0 Å². The normalized spacial score (nSPS) is 11.6. The Morgan fingerprint density at radius 3 is 2.61 bits per heavy atom. The van der Waals surface area contributed by atoms with Gasteiger partial charge in [-0.15, -0.1) is 11.3 Å². The maximum absolute atomic E-state index is 11.4. The number of sulfone groups is 1. The lowest BCUT2D eigenvalue weighted by atomic mass is 10.4. The van der Waals surface area contributed by atoms with E-state index < -0.39 is 9.84 Å². The van der Waals surface area contributed by atoms with E-state index in [1.165, 1.54) is 12.3 Å². The van der Waals surface area contributed by atoms with Gasteiger partial charge in [-0.1, -0.05) is 0 Å². The number of hydrogen-bond acceptors (Lipinski definition) is 7. The van der Waals surface area contributed by atoms with E-state index in [1.807, 2.05) is 19.1 Å². The van der Waals surface area contributed by atoms with E-state index in [0.717, 1.165) is 33.3 Å². The third-order valence-electron chi connectivity index (χ3n) is 3.09. The molecule has 0 radical (unpaired) electrons. The molecule has 0 unspecified atom stereocenters. The summed E-state index contributed by atoms with van der Waals surface area (Å²) < 4.78 is 28.3. The van der Waals surface area contributed by atoms with E-state index in [9.17, 15) is 8.42 Å². The average Bonchev–Trinajstić information content (AvgIpc) is 3.13. The number of nitrogens with zero attached hydrogens (tertiary/aromatic N) is 2.